The summed E-state index contributed by atoms with van der Waals surface area (Å²) in [6.45, 7) is 4.22. The smallest absolute Gasteiger partial charge is 0.124 e. The second kappa shape index (κ2) is 5.48. The Kier molecular flexibility index (Phi) is 3.52. The predicted molar refractivity (Wildman–Crippen MR) is 85.9 cm³/mol. The van der Waals surface area contributed by atoms with Gasteiger partial charge in [0.15, 0.2) is 0 Å². The van der Waals surface area contributed by atoms with Gasteiger partial charge < -0.3 is 10.1 Å². The van der Waals surface area contributed by atoms with E-state index in [1.807, 2.05) is 24.4 Å². The number of fused-ring (bicyclic) bond motifs is 1. The van der Waals surface area contributed by atoms with Crippen LogP contribution in [0.5, 0.6) is 5.75 Å². The molecular weight excluding hydrogens is 262 g/mol. The first-order chi connectivity index (χ1) is 10.2. The molecule has 2 N–H and O–H groups in total. The average Bonchev–Trinajstić information content (AvgIpc) is 2.96. The number of aromatic nitrogens is 2. The maximum atomic E-state index is 5.47. The molecule has 21 heavy (non-hydrogen) atoms. The molecule has 108 valence electrons. The van der Waals surface area contributed by atoms with Gasteiger partial charge in [0.25, 0.3) is 0 Å². The number of aromatic amines is 1. The van der Waals surface area contributed by atoms with E-state index in [1.54, 1.807) is 7.11 Å². The van der Waals surface area contributed by atoms with Crippen molar-refractivity contribution in [1.29, 1.82) is 0 Å². The molecule has 1 heterocycles. The van der Waals surface area contributed by atoms with Crippen molar-refractivity contribution in [3.63, 3.8) is 0 Å². The number of rotatable bonds is 4. The van der Waals surface area contributed by atoms with Gasteiger partial charge in [0.05, 0.1) is 24.9 Å². The zero-order chi connectivity index (χ0) is 14.8. The van der Waals surface area contributed by atoms with Crippen molar-refractivity contribution in [3.8, 4) is 5.75 Å². The first kappa shape index (κ1) is 13.5. The number of anilines is 1. The average molecular weight is 281 g/mol. The molecule has 1 atom stereocenters. The van der Waals surface area contributed by atoms with Crippen LogP contribution in [0.3, 0.4) is 0 Å². The minimum absolute atomic E-state index is 0.139. The fourth-order valence-corrected chi connectivity index (χ4v) is 2.60. The quantitative estimate of drug-likeness (QED) is 0.758. The fraction of sp³-hybridized carbons (Fsp3) is 0.235. The molecule has 4 nitrogen and oxygen atoms in total. The van der Waals surface area contributed by atoms with Crippen molar-refractivity contribution in [1.82, 2.24) is 10.2 Å². The Balaban J connectivity index is 1.94. The lowest BCUT2D eigenvalue weighted by Crippen LogP contribution is -2.08. The molecule has 0 aliphatic rings. The van der Waals surface area contributed by atoms with Crippen molar-refractivity contribution in [3.05, 3.63) is 53.7 Å². The Hall–Kier alpha value is -2.49. The van der Waals surface area contributed by atoms with Gasteiger partial charge >= 0.3 is 0 Å². The molecule has 1 unspecified atom stereocenters. The number of hydrogen-bond acceptors (Lipinski definition) is 3. The van der Waals surface area contributed by atoms with Crippen molar-refractivity contribution in [2.75, 3.05) is 12.4 Å². The topological polar surface area (TPSA) is 49.9 Å². The van der Waals surface area contributed by atoms with E-state index in [1.165, 1.54) is 5.56 Å². The van der Waals surface area contributed by atoms with Gasteiger partial charge in [-0.25, -0.2) is 0 Å². The van der Waals surface area contributed by atoms with E-state index in [2.05, 4.69) is 47.6 Å². The van der Waals surface area contributed by atoms with Crippen LogP contribution in [0.2, 0.25) is 0 Å². The van der Waals surface area contributed by atoms with Crippen molar-refractivity contribution >= 4 is 16.6 Å². The van der Waals surface area contributed by atoms with Crippen molar-refractivity contribution in [2.45, 2.75) is 19.9 Å². The molecule has 0 aliphatic heterocycles. The highest BCUT2D eigenvalue weighted by Crippen LogP contribution is 2.30. The number of ether oxygens (including phenoxy) is 1. The highest BCUT2D eigenvalue weighted by molar-refractivity contribution is 5.91. The van der Waals surface area contributed by atoms with Crippen LogP contribution in [-0.4, -0.2) is 17.3 Å². The van der Waals surface area contributed by atoms with Crippen molar-refractivity contribution in [2.24, 2.45) is 0 Å². The Morgan fingerprint density at radius 1 is 1.24 bits per heavy atom. The lowest BCUT2D eigenvalue weighted by Gasteiger charge is -2.19. The number of H-pyrrole nitrogens is 1. The monoisotopic (exact) mass is 281 g/mol. The van der Waals surface area contributed by atoms with Crippen LogP contribution >= 0.6 is 0 Å². The third-order valence-corrected chi connectivity index (χ3v) is 3.71. The molecule has 0 saturated heterocycles. The highest BCUT2D eigenvalue weighted by Gasteiger charge is 2.13. The van der Waals surface area contributed by atoms with Crippen LogP contribution in [0.4, 0.5) is 5.69 Å². The summed E-state index contributed by atoms with van der Waals surface area (Å²) in [6, 6.07) is 12.5. The molecule has 0 aliphatic carbocycles. The summed E-state index contributed by atoms with van der Waals surface area (Å²) >= 11 is 0. The molecule has 3 aromatic rings. The standard InChI is InChI=1S/C17H19N3O/c1-11-7-8-17(21-3)13(9-11)12(2)19-15-5-4-6-16-14(15)10-18-20-16/h4-10,12,19H,1-3H3,(H,18,20). The van der Waals surface area contributed by atoms with Gasteiger partial charge in [-0.1, -0.05) is 23.8 Å². The summed E-state index contributed by atoms with van der Waals surface area (Å²) in [6.07, 6.45) is 1.85. The van der Waals surface area contributed by atoms with Gasteiger partial charge in [0, 0.05) is 16.6 Å². The molecule has 0 saturated carbocycles. The third-order valence-electron chi connectivity index (χ3n) is 3.71. The first-order valence-electron chi connectivity index (χ1n) is 7.02. The van der Waals surface area contributed by atoms with Crippen LogP contribution in [0, 0.1) is 6.92 Å². The maximum Gasteiger partial charge on any atom is 0.124 e. The van der Waals surface area contributed by atoms with Crippen LogP contribution < -0.4 is 10.1 Å². The van der Waals surface area contributed by atoms with E-state index in [0.29, 0.717) is 0 Å². The van der Waals surface area contributed by atoms with Crippen LogP contribution in [0.1, 0.15) is 24.1 Å². The van der Waals surface area contributed by atoms with Gasteiger partial charge in [0.1, 0.15) is 5.75 Å². The van der Waals surface area contributed by atoms with Gasteiger partial charge in [-0.05, 0) is 32.0 Å². The second-order valence-corrected chi connectivity index (χ2v) is 5.25. The second-order valence-electron chi connectivity index (χ2n) is 5.25. The van der Waals surface area contributed by atoms with Crippen LogP contribution in [-0.2, 0) is 0 Å². The van der Waals surface area contributed by atoms with Crippen molar-refractivity contribution < 1.29 is 4.74 Å². The van der Waals surface area contributed by atoms with Gasteiger partial charge in [-0.15, -0.1) is 0 Å². The largest absolute Gasteiger partial charge is 0.496 e. The first-order valence-corrected chi connectivity index (χ1v) is 7.02. The molecule has 4 heteroatoms. The molecule has 0 fully saturated rings. The van der Waals surface area contributed by atoms with E-state index >= 15 is 0 Å². The summed E-state index contributed by atoms with van der Waals surface area (Å²) in [5.74, 6) is 0.903. The molecular formula is C17H19N3O. The Labute approximate surface area is 124 Å². The summed E-state index contributed by atoms with van der Waals surface area (Å²) in [4.78, 5) is 0. The molecule has 2 aromatic carbocycles. The number of benzene rings is 2. The van der Waals surface area contributed by atoms with E-state index < -0.39 is 0 Å². The van der Waals surface area contributed by atoms with Crippen LogP contribution in [0.25, 0.3) is 10.9 Å². The van der Waals surface area contributed by atoms with E-state index in [4.69, 9.17) is 4.74 Å². The number of methoxy groups -OCH3 is 1. The number of aryl methyl sites for hydroxylation is 1. The molecule has 0 bridgehead atoms. The zero-order valence-corrected chi connectivity index (χ0v) is 12.5. The van der Waals surface area contributed by atoms with Gasteiger partial charge in [-0.2, -0.15) is 5.10 Å². The minimum atomic E-state index is 0.139. The lowest BCUT2D eigenvalue weighted by atomic mass is 10.0. The number of nitrogens with zero attached hydrogens (tertiary/aromatic N) is 1. The summed E-state index contributed by atoms with van der Waals surface area (Å²) < 4.78 is 5.47. The minimum Gasteiger partial charge on any atom is -0.496 e. The maximum absolute atomic E-state index is 5.47. The highest BCUT2D eigenvalue weighted by atomic mass is 16.5. The molecule has 0 spiro atoms. The third kappa shape index (κ3) is 2.57. The predicted octanol–water partition coefficient (Wildman–Crippen LogP) is 4.05. The number of nitrogens with one attached hydrogen (secondary N) is 2. The Morgan fingerprint density at radius 3 is 2.90 bits per heavy atom. The zero-order valence-electron chi connectivity index (χ0n) is 12.5. The molecule has 3 rings (SSSR count). The molecule has 0 amide bonds. The summed E-state index contributed by atoms with van der Waals surface area (Å²) in [7, 11) is 1.71. The Morgan fingerprint density at radius 2 is 2.10 bits per heavy atom. The Bertz CT molecular complexity index is 764. The van der Waals surface area contributed by atoms with Gasteiger partial charge in [0.2, 0.25) is 0 Å². The lowest BCUT2D eigenvalue weighted by molar-refractivity contribution is 0.408. The molecule has 0 radical (unpaired) electrons. The van der Waals surface area contributed by atoms with E-state index in [9.17, 15) is 0 Å². The van der Waals surface area contributed by atoms with Gasteiger partial charge in [-0.3, -0.25) is 5.10 Å². The normalized spacial score (nSPS) is 12.3. The fourth-order valence-electron chi connectivity index (χ4n) is 2.60. The summed E-state index contributed by atoms with van der Waals surface area (Å²) in [5.41, 5.74) is 4.47. The summed E-state index contributed by atoms with van der Waals surface area (Å²) in [5, 5.41) is 11.7. The number of hydrogen-bond donors (Lipinski definition) is 2. The van der Waals surface area contributed by atoms with E-state index in [0.717, 1.165) is 27.9 Å². The van der Waals surface area contributed by atoms with Crippen LogP contribution in [0.15, 0.2) is 42.6 Å². The van der Waals surface area contributed by atoms with E-state index in [-0.39, 0.29) is 6.04 Å². The SMILES string of the molecule is COc1ccc(C)cc1C(C)Nc1cccc2[nH]ncc12. The molecule has 1 aromatic heterocycles.